The van der Waals surface area contributed by atoms with Gasteiger partial charge in [0, 0.05) is 24.4 Å². The molecule has 176 valence electrons. The summed E-state index contributed by atoms with van der Waals surface area (Å²) in [5.74, 6) is -0.0640. The number of amides is 2. The summed E-state index contributed by atoms with van der Waals surface area (Å²) in [7, 11) is 0. The van der Waals surface area contributed by atoms with Crippen LogP contribution in [0.4, 0.5) is 11.4 Å². The van der Waals surface area contributed by atoms with E-state index in [2.05, 4.69) is 10.6 Å². The monoisotopic (exact) mass is 454 g/mol. The molecule has 0 bridgehead atoms. The summed E-state index contributed by atoms with van der Waals surface area (Å²) < 4.78 is 16.5. The molecule has 8 heteroatoms. The maximum Gasteiger partial charge on any atom is 0.331 e. The van der Waals surface area contributed by atoms with Crippen molar-refractivity contribution in [2.75, 3.05) is 23.8 Å². The molecule has 0 aliphatic heterocycles. The minimum Gasteiger partial charge on any atom is -0.490 e. The first-order valence-corrected chi connectivity index (χ1v) is 10.8. The summed E-state index contributed by atoms with van der Waals surface area (Å²) in [6.45, 7) is 7.87. The van der Waals surface area contributed by atoms with Crippen LogP contribution in [0.3, 0.4) is 0 Å². The third kappa shape index (κ3) is 8.68. The molecule has 0 radical (unpaired) electrons. The van der Waals surface area contributed by atoms with Gasteiger partial charge in [-0.3, -0.25) is 9.59 Å². The van der Waals surface area contributed by atoms with Crippen molar-refractivity contribution in [1.82, 2.24) is 0 Å². The van der Waals surface area contributed by atoms with Gasteiger partial charge in [0.1, 0.15) is 0 Å². The molecule has 0 aromatic heterocycles. The summed E-state index contributed by atoms with van der Waals surface area (Å²) in [6, 6.07) is 12.0. The second kappa shape index (κ2) is 12.9. The molecular weight excluding hydrogens is 424 g/mol. The fourth-order valence-electron chi connectivity index (χ4n) is 2.74. The highest BCUT2D eigenvalue weighted by molar-refractivity contribution is 5.97. The van der Waals surface area contributed by atoms with Crippen molar-refractivity contribution in [1.29, 1.82) is 0 Å². The van der Waals surface area contributed by atoms with Crippen LogP contribution in [0.15, 0.2) is 48.5 Å². The van der Waals surface area contributed by atoms with Gasteiger partial charge in [-0.25, -0.2) is 4.79 Å². The lowest BCUT2D eigenvalue weighted by Gasteiger charge is -2.13. The van der Waals surface area contributed by atoms with Gasteiger partial charge in [-0.05, 0) is 68.3 Å². The van der Waals surface area contributed by atoms with Gasteiger partial charge in [0.05, 0.1) is 13.2 Å². The van der Waals surface area contributed by atoms with E-state index in [1.165, 1.54) is 19.9 Å². The van der Waals surface area contributed by atoms with E-state index in [1.54, 1.807) is 48.5 Å². The van der Waals surface area contributed by atoms with Crippen LogP contribution in [0.25, 0.3) is 6.08 Å². The molecule has 2 aromatic carbocycles. The Morgan fingerprint density at radius 3 is 2.21 bits per heavy atom. The normalized spacial score (nSPS) is 11.5. The van der Waals surface area contributed by atoms with Crippen LogP contribution < -0.4 is 20.1 Å². The summed E-state index contributed by atoms with van der Waals surface area (Å²) in [4.78, 5) is 35.5. The number of hydrogen-bond acceptors (Lipinski definition) is 6. The first-order chi connectivity index (χ1) is 15.8. The predicted molar refractivity (Wildman–Crippen MR) is 127 cm³/mol. The number of nitrogens with one attached hydrogen (secondary N) is 2. The zero-order chi connectivity index (χ0) is 24.2. The molecule has 2 aromatic rings. The Balaban J connectivity index is 1.92. The number of carbonyl (C=O) groups excluding carboxylic acids is 3. The van der Waals surface area contributed by atoms with Gasteiger partial charge >= 0.3 is 5.97 Å². The largest absolute Gasteiger partial charge is 0.490 e. The van der Waals surface area contributed by atoms with Gasteiger partial charge in [0.2, 0.25) is 5.91 Å². The summed E-state index contributed by atoms with van der Waals surface area (Å²) >= 11 is 0. The zero-order valence-electron chi connectivity index (χ0n) is 19.3. The van der Waals surface area contributed by atoms with Crippen molar-refractivity contribution >= 4 is 35.2 Å². The summed E-state index contributed by atoms with van der Waals surface area (Å²) in [5.41, 5.74) is 1.86. The fraction of sp³-hybridized carbons (Fsp3) is 0.320. The molecule has 2 amide bonds. The number of anilines is 2. The highest BCUT2D eigenvalue weighted by atomic mass is 16.5. The van der Waals surface area contributed by atoms with Gasteiger partial charge in [-0.2, -0.15) is 0 Å². The molecule has 0 aliphatic rings. The number of hydrogen-bond donors (Lipinski definition) is 2. The lowest BCUT2D eigenvalue weighted by molar-refractivity contribution is -0.148. The second-order valence-corrected chi connectivity index (χ2v) is 7.15. The van der Waals surface area contributed by atoms with Gasteiger partial charge in [0.15, 0.2) is 17.6 Å². The van der Waals surface area contributed by atoms with Crippen molar-refractivity contribution in [2.45, 2.75) is 40.2 Å². The van der Waals surface area contributed by atoms with E-state index in [4.69, 9.17) is 14.2 Å². The third-order valence-electron chi connectivity index (χ3n) is 4.28. The number of benzene rings is 2. The summed E-state index contributed by atoms with van der Waals surface area (Å²) in [6.07, 6.45) is 2.72. The molecule has 1 atom stereocenters. The van der Waals surface area contributed by atoms with E-state index in [1.807, 2.05) is 13.8 Å². The molecule has 0 saturated carbocycles. The van der Waals surface area contributed by atoms with Gasteiger partial charge in [0.25, 0.3) is 5.91 Å². The highest BCUT2D eigenvalue weighted by Gasteiger charge is 2.17. The van der Waals surface area contributed by atoms with Crippen LogP contribution in [-0.4, -0.2) is 37.1 Å². The second-order valence-electron chi connectivity index (χ2n) is 7.15. The van der Waals surface area contributed by atoms with E-state index < -0.39 is 18.0 Å². The average molecular weight is 455 g/mol. The molecule has 2 N–H and O–H groups in total. The number of rotatable bonds is 11. The molecule has 0 saturated heterocycles. The smallest absolute Gasteiger partial charge is 0.331 e. The van der Waals surface area contributed by atoms with Crippen LogP contribution >= 0.6 is 0 Å². The van der Waals surface area contributed by atoms with Gasteiger partial charge < -0.3 is 24.8 Å². The summed E-state index contributed by atoms with van der Waals surface area (Å²) in [5, 5.41) is 5.30. The quantitative estimate of drug-likeness (QED) is 0.385. The minimum absolute atomic E-state index is 0.185. The molecule has 0 fully saturated rings. The maximum absolute atomic E-state index is 12.3. The minimum atomic E-state index is -0.999. The average Bonchev–Trinajstić information content (AvgIpc) is 2.78. The van der Waals surface area contributed by atoms with E-state index in [9.17, 15) is 14.4 Å². The van der Waals surface area contributed by atoms with Crippen molar-refractivity contribution in [3.05, 3.63) is 54.1 Å². The molecule has 0 spiro atoms. The molecule has 2 rings (SSSR count). The topological polar surface area (TPSA) is 103 Å². The van der Waals surface area contributed by atoms with Crippen LogP contribution in [0.1, 0.15) is 39.7 Å². The van der Waals surface area contributed by atoms with E-state index in [0.29, 0.717) is 36.1 Å². The van der Waals surface area contributed by atoms with Gasteiger partial charge in [-0.15, -0.1) is 0 Å². The van der Waals surface area contributed by atoms with E-state index >= 15 is 0 Å². The molecule has 0 aliphatic carbocycles. The Kier molecular flexibility index (Phi) is 9.95. The Morgan fingerprint density at radius 2 is 1.61 bits per heavy atom. The zero-order valence-corrected chi connectivity index (χ0v) is 19.3. The first kappa shape index (κ1) is 25.5. The Bertz CT molecular complexity index is 985. The van der Waals surface area contributed by atoms with Crippen LogP contribution in [0.5, 0.6) is 11.5 Å². The van der Waals surface area contributed by atoms with Crippen molar-refractivity contribution in [3.8, 4) is 11.5 Å². The standard InChI is InChI=1S/C25H30N2O6/c1-5-15-32-22-13-7-19(16-23(22)31-6-2)8-14-24(29)33-17(3)25(30)27-21-11-9-20(10-12-21)26-18(4)28/h7-14,16-17H,5-6,15H2,1-4H3,(H,26,28)(H,27,30)/b14-8+. The first-order valence-electron chi connectivity index (χ1n) is 10.8. The lowest BCUT2D eigenvalue weighted by Crippen LogP contribution is -2.29. The van der Waals surface area contributed by atoms with Crippen molar-refractivity contribution in [2.24, 2.45) is 0 Å². The molecule has 1 unspecified atom stereocenters. The van der Waals surface area contributed by atoms with Gasteiger partial charge in [-0.1, -0.05) is 13.0 Å². The maximum atomic E-state index is 12.3. The van der Waals surface area contributed by atoms with Crippen molar-refractivity contribution < 1.29 is 28.6 Å². The van der Waals surface area contributed by atoms with Crippen LogP contribution in [0.2, 0.25) is 0 Å². The molecular formula is C25H30N2O6. The van der Waals surface area contributed by atoms with E-state index in [0.717, 1.165) is 12.0 Å². The fourth-order valence-corrected chi connectivity index (χ4v) is 2.74. The molecule has 0 heterocycles. The van der Waals surface area contributed by atoms with Crippen LogP contribution in [-0.2, 0) is 19.1 Å². The Labute approximate surface area is 193 Å². The Hall–Kier alpha value is -3.81. The van der Waals surface area contributed by atoms with E-state index in [-0.39, 0.29) is 5.91 Å². The number of carbonyl (C=O) groups is 3. The number of ether oxygens (including phenoxy) is 3. The highest BCUT2D eigenvalue weighted by Crippen LogP contribution is 2.29. The predicted octanol–water partition coefficient (Wildman–Crippen LogP) is 4.42. The molecule has 8 nitrogen and oxygen atoms in total. The third-order valence-corrected chi connectivity index (χ3v) is 4.28. The van der Waals surface area contributed by atoms with Crippen LogP contribution in [0, 0.1) is 0 Å². The SMILES string of the molecule is CCCOc1ccc(/C=C/C(=O)OC(C)C(=O)Nc2ccc(NC(C)=O)cc2)cc1OCC. The molecule has 33 heavy (non-hydrogen) atoms. The number of esters is 1. The Morgan fingerprint density at radius 1 is 0.939 bits per heavy atom. The lowest BCUT2D eigenvalue weighted by atomic mass is 10.2. The van der Waals surface area contributed by atoms with Crippen molar-refractivity contribution in [3.63, 3.8) is 0 Å².